The van der Waals surface area contributed by atoms with Gasteiger partial charge >= 0.3 is 0 Å². The maximum Gasteiger partial charge on any atom is 0.266 e. The van der Waals surface area contributed by atoms with Gasteiger partial charge in [-0.1, -0.05) is 30.3 Å². The van der Waals surface area contributed by atoms with Gasteiger partial charge in [0.15, 0.2) is 12.0 Å². The molecule has 1 aromatic heterocycles. The highest BCUT2D eigenvalue weighted by Crippen LogP contribution is 2.39. The molecule has 2 heterocycles. The van der Waals surface area contributed by atoms with Gasteiger partial charge < -0.3 is 0 Å². The topological polar surface area (TPSA) is 88.6 Å². The lowest BCUT2D eigenvalue weighted by atomic mass is 10.0. The van der Waals surface area contributed by atoms with E-state index >= 15 is 0 Å². The van der Waals surface area contributed by atoms with Crippen LogP contribution in [0, 0.1) is 11.8 Å². The van der Waals surface area contributed by atoms with E-state index in [1.54, 1.807) is 0 Å². The Morgan fingerprint density at radius 2 is 1.95 bits per heavy atom. The molecule has 0 aliphatic carbocycles. The first-order valence-electron chi connectivity index (χ1n) is 6.08. The summed E-state index contributed by atoms with van der Waals surface area (Å²) >= 11 is 0. The Hall–Kier alpha value is -2.27. The summed E-state index contributed by atoms with van der Waals surface area (Å²) in [6, 6.07) is 9.02. The van der Waals surface area contributed by atoms with Crippen LogP contribution < -0.4 is 0 Å². The lowest BCUT2D eigenvalue weighted by molar-refractivity contribution is 0.326. The second kappa shape index (κ2) is 5.61. The fourth-order valence-corrected chi connectivity index (χ4v) is 2.76. The number of fused-ring (bicyclic) bond motifs is 1. The molecule has 0 saturated carbocycles. The molecule has 2 aromatic rings. The van der Waals surface area contributed by atoms with Crippen molar-refractivity contribution in [1.82, 2.24) is 14.8 Å². The van der Waals surface area contributed by atoms with Crippen molar-refractivity contribution in [3.8, 4) is 6.57 Å². The third-order valence-corrected chi connectivity index (χ3v) is 4.00. The van der Waals surface area contributed by atoms with Gasteiger partial charge in [-0.15, -0.1) is 5.10 Å². The highest BCUT2D eigenvalue weighted by molar-refractivity contribution is 7.90. The molecule has 0 fully saturated rings. The zero-order chi connectivity index (χ0) is 15.6. The van der Waals surface area contributed by atoms with Gasteiger partial charge in [0.2, 0.25) is 9.84 Å². The number of sulfone groups is 1. The normalized spacial score (nSPS) is 20.4. The minimum Gasteiger partial charge on any atom is -0.239 e. The van der Waals surface area contributed by atoms with Gasteiger partial charge in [0.05, 0.1) is 6.04 Å². The zero-order valence-electron chi connectivity index (χ0n) is 11.2. The van der Waals surface area contributed by atoms with Crippen LogP contribution in [-0.2, 0) is 9.84 Å². The monoisotopic (exact) mass is 308 g/mol. The summed E-state index contributed by atoms with van der Waals surface area (Å²) in [5.74, 6) is 0.0919. The fraction of sp³-hybridized carbons (Fsp3) is 0.308. The van der Waals surface area contributed by atoms with Crippen molar-refractivity contribution < 1.29 is 12.8 Å². The van der Waals surface area contributed by atoms with Crippen LogP contribution >= 0.6 is 0 Å². The molecule has 110 valence electrons. The smallest absolute Gasteiger partial charge is 0.239 e. The van der Waals surface area contributed by atoms with Crippen LogP contribution in [0.2, 0.25) is 0 Å². The summed E-state index contributed by atoms with van der Waals surface area (Å²) < 4.78 is 38.2. The van der Waals surface area contributed by atoms with Gasteiger partial charge in [-0.3, -0.25) is 0 Å². The van der Waals surface area contributed by atoms with Crippen molar-refractivity contribution in [2.24, 2.45) is 0 Å². The van der Waals surface area contributed by atoms with E-state index in [1.165, 1.54) is 4.68 Å². The van der Waals surface area contributed by atoms with Gasteiger partial charge in [0.1, 0.15) is 0 Å². The summed E-state index contributed by atoms with van der Waals surface area (Å²) in [6.07, 6.45) is -0.0279. The molecule has 0 radical (unpaired) electrons. The molecule has 1 aliphatic heterocycles. The van der Waals surface area contributed by atoms with Gasteiger partial charge in [0.25, 0.3) is 5.16 Å². The number of aromatic nitrogens is 3. The Morgan fingerprint density at radius 1 is 1.33 bits per heavy atom. The lowest BCUT2D eigenvalue weighted by Gasteiger charge is -2.11. The summed E-state index contributed by atoms with van der Waals surface area (Å²) in [5, 5.41) is 10.1. The minimum absolute atomic E-state index is 0.0919. The number of nitriles is 1. The molecule has 0 bridgehead atoms. The SMILES string of the molecule is C#N.CS(=O)(=O)c1nc2n(n1)[C@H](c1ccccc1)C[C@@H]2F. The standard InChI is InChI=1S/C12H12FN3O2S.CHN/c1-19(17,18)12-14-11-9(13)7-10(16(11)15-12)8-5-3-2-4-6-8;1-2/h2-6,9-10H,7H2,1H3;1H/t9-,10-;/m0./s1. The van der Waals surface area contributed by atoms with E-state index in [0.717, 1.165) is 11.8 Å². The summed E-state index contributed by atoms with van der Waals surface area (Å²) in [4.78, 5) is 3.81. The first-order chi connectivity index (χ1) is 9.97. The van der Waals surface area contributed by atoms with Crippen LogP contribution in [0.3, 0.4) is 0 Å². The molecule has 21 heavy (non-hydrogen) atoms. The molecule has 0 saturated heterocycles. The van der Waals surface area contributed by atoms with E-state index in [1.807, 2.05) is 30.3 Å². The number of hydrogen-bond acceptors (Lipinski definition) is 5. The molecule has 6 nitrogen and oxygen atoms in total. The first-order valence-corrected chi connectivity index (χ1v) is 7.97. The van der Waals surface area contributed by atoms with Crippen LogP contribution in [0.5, 0.6) is 0 Å². The molecule has 3 rings (SSSR count). The van der Waals surface area contributed by atoms with Gasteiger partial charge in [-0.25, -0.2) is 22.8 Å². The van der Waals surface area contributed by atoms with Crippen LogP contribution in [0.25, 0.3) is 0 Å². The Bertz CT molecular complexity index is 755. The van der Waals surface area contributed by atoms with Crippen molar-refractivity contribution in [2.45, 2.75) is 23.8 Å². The van der Waals surface area contributed by atoms with Gasteiger partial charge in [0, 0.05) is 19.2 Å². The predicted octanol–water partition coefficient (Wildman–Crippen LogP) is 1.83. The number of benzene rings is 1. The number of alkyl halides is 1. The molecule has 2 atom stereocenters. The molecule has 8 heteroatoms. The van der Waals surface area contributed by atoms with Crippen molar-refractivity contribution in [1.29, 1.82) is 5.26 Å². The van der Waals surface area contributed by atoms with Crippen LogP contribution in [0.15, 0.2) is 35.5 Å². The van der Waals surface area contributed by atoms with E-state index in [0.29, 0.717) is 0 Å². The van der Waals surface area contributed by atoms with Crippen molar-refractivity contribution in [3.05, 3.63) is 41.7 Å². The Labute approximate surface area is 121 Å². The molecule has 0 spiro atoms. The quantitative estimate of drug-likeness (QED) is 0.844. The number of hydrogen-bond donors (Lipinski definition) is 0. The van der Waals surface area contributed by atoms with E-state index in [4.69, 9.17) is 5.26 Å². The molecular formula is C13H13FN4O2S. The zero-order valence-corrected chi connectivity index (χ0v) is 12.0. The van der Waals surface area contributed by atoms with Crippen molar-refractivity contribution >= 4 is 9.84 Å². The Kier molecular flexibility index (Phi) is 4.04. The van der Waals surface area contributed by atoms with Gasteiger partial charge in [-0.05, 0) is 5.56 Å². The van der Waals surface area contributed by atoms with Crippen molar-refractivity contribution in [2.75, 3.05) is 6.26 Å². The maximum absolute atomic E-state index is 13.9. The number of halogens is 1. The third kappa shape index (κ3) is 2.78. The van der Waals surface area contributed by atoms with Gasteiger partial charge in [-0.2, -0.15) is 4.98 Å². The van der Waals surface area contributed by atoms with Crippen molar-refractivity contribution in [3.63, 3.8) is 0 Å². The maximum atomic E-state index is 13.9. The predicted molar refractivity (Wildman–Crippen MR) is 72.8 cm³/mol. The second-order valence-electron chi connectivity index (χ2n) is 4.60. The second-order valence-corrected chi connectivity index (χ2v) is 6.51. The first kappa shape index (κ1) is 15.1. The average Bonchev–Trinajstić information content (AvgIpc) is 3.03. The highest BCUT2D eigenvalue weighted by atomic mass is 32.2. The molecule has 1 aromatic carbocycles. The Morgan fingerprint density at radius 3 is 2.52 bits per heavy atom. The van der Waals surface area contributed by atoms with Crippen LogP contribution in [0.4, 0.5) is 4.39 Å². The van der Waals surface area contributed by atoms with E-state index in [-0.39, 0.29) is 23.4 Å². The molecule has 0 N–H and O–H groups in total. The lowest BCUT2D eigenvalue weighted by Crippen LogP contribution is -2.09. The number of nitrogens with zero attached hydrogens (tertiary/aromatic N) is 4. The minimum atomic E-state index is -3.52. The third-order valence-electron chi connectivity index (χ3n) is 3.16. The molecule has 0 unspecified atom stereocenters. The molecule has 0 amide bonds. The largest absolute Gasteiger partial charge is 0.266 e. The molecular weight excluding hydrogens is 295 g/mol. The van der Waals surface area contributed by atoms with E-state index in [2.05, 4.69) is 16.7 Å². The fourth-order valence-electron chi connectivity index (χ4n) is 2.27. The van der Waals surface area contributed by atoms with Crippen LogP contribution in [-0.4, -0.2) is 29.4 Å². The molecule has 1 aliphatic rings. The van der Waals surface area contributed by atoms with E-state index in [9.17, 15) is 12.8 Å². The Balaban J connectivity index is 0.000000774. The average molecular weight is 308 g/mol. The summed E-state index contributed by atoms with van der Waals surface area (Å²) in [6.45, 7) is 3.50. The van der Waals surface area contributed by atoms with Crippen LogP contribution in [0.1, 0.15) is 30.0 Å². The highest BCUT2D eigenvalue weighted by Gasteiger charge is 2.36. The van der Waals surface area contributed by atoms with E-state index < -0.39 is 16.0 Å². The summed E-state index contributed by atoms with van der Waals surface area (Å²) in [7, 11) is -3.52. The summed E-state index contributed by atoms with van der Waals surface area (Å²) in [5.41, 5.74) is 0.897. The number of rotatable bonds is 2.